The average molecular weight is 354 g/mol. The van der Waals surface area contributed by atoms with Gasteiger partial charge in [-0.15, -0.1) is 0 Å². The molecule has 1 amide bonds. The maximum absolute atomic E-state index is 12.2. The van der Waals surface area contributed by atoms with Crippen molar-refractivity contribution in [1.82, 2.24) is 15.1 Å². The number of aromatic nitrogens is 3. The molecule has 3 aromatic rings. The second kappa shape index (κ2) is 8.11. The van der Waals surface area contributed by atoms with Crippen LogP contribution in [-0.2, 0) is 11.2 Å². The summed E-state index contributed by atoms with van der Waals surface area (Å²) >= 11 is 0. The minimum atomic E-state index is -0.186. The van der Waals surface area contributed by atoms with E-state index in [9.17, 15) is 4.79 Å². The number of aryl methyl sites for hydroxylation is 1. The average Bonchev–Trinajstić information content (AvgIpc) is 3.16. The van der Waals surface area contributed by atoms with E-state index < -0.39 is 0 Å². The molecule has 0 aliphatic rings. The molecular formula is C18H18N4O4. The Hall–Kier alpha value is -3.42. The predicted molar refractivity (Wildman–Crippen MR) is 94.0 cm³/mol. The number of amides is 1. The van der Waals surface area contributed by atoms with E-state index in [-0.39, 0.29) is 12.3 Å². The molecule has 2 aromatic heterocycles. The normalized spacial score (nSPS) is 10.4. The molecule has 134 valence electrons. The Kier molecular flexibility index (Phi) is 5.43. The molecule has 0 saturated carbocycles. The second-order valence-electron chi connectivity index (χ2n) is 5.37. The zero-order chi connectivity index (χ0) is 18.4. The molecule has 8 heteroatoms. The quantitative estimate of drug-likeness (QED) is 0.696. The van der Waals surface area contributed by atoms with Crippen LogP contribution in [0.5, 0.6) is 11.5 Å². The molecule has 0 spiro atoms. The van der Waals surface area contributed by atoms with Gasteiger partial charge in [-0.2, -0.15) is 4.98 Å². The Morgan fingerprint density at radius 3 is 2.85 bits per heavy atom. The Labute approximate surface area is 150 Å². The van der Waals surface area contributed by atoms with E-state index in [1.807, 2.05) is 6.07 Å². The summed E-state index contributed by atoms with van der Waals surface area (Å²) in [6.07, 6.45) is 3.85. The minimum absolute atomic E-state index is 0.186. The van der Waals surface area contributed by atoms with Crippen LogP contribution in [0.15, 0.2) is 47.2 Å². The highest BCUT2D eigenvalue weighted by molar-refractivity contribution is 5.92. The number of carbonyl (C=O) groups is 1. The van der Waals surface area contributed by atoms with E-state index >= 15 is 0 Å². The molecule has 2 heterocycles. The van der Waals surface area contributed by atoms with Gasteiger partial charge in [0.2, 0.25) is 17.6 Å². The number of anilines is 1. The number of pyridine rings is 1. The molecule has 0 aliphatic carbocycles. The number of methoxy groups -OCH3 is 2. The van der Waals surface area contributed by atoms with Crippen molar-refractivity contribution >= 4 is 11.6 Å². The number of carbonyl (C=O) groups excluding carboxylic acids is 1. The predicted octanol–water partition coefficient (Wildman–Crippen LogP) is 2.72. The van der Waals surface area contributed by atoms with Gasteiger partial charge in [0, 0.05) is 36.9 Å². The van der Waals surface area contributed by atoms with Gasteiger partial charge in [-0.3, -0.25) is 9.78 Å². The molecule has 0 unspecified atom stereocenters. The van der Waals surface area contributed by atoms with Crippen molar-refractivity contribution in [3.05, 3.63) is 48.6 Å². The first-order chi connectivity index (χ1) is 12.7. The molecule has 3 rings (SSSR count). The fourth-order valence-corrected chi connectivity index (χ4v) is 2.30. The molecule has 0 fully saturated rings. The molecule has 0 bridgehead atoms. The number of nitrogens with zero attached hydrogens (tertiary/aromatic N) is 3. The molecule has 0 radical (unpaired) electrons. The van der Waals surface area contributed by atoms with Crippen molar-refractivity contribution in [2.75, 3.05) is 19.5 Å². The molecule has 0 atom stereocenters. The second-order valence-corrected chi connectivity index (χ2v) is 5.37. The highest BCUT2D eigenvalue weighted by Crippen LogP contribution is 2.29. The van der Waals surface area contributed by atoms with Crippen LogP contribution in [0.1, 0.15) is 12.3 Å². The van der Waals surface area contributed by atoms with Crippen molar-refractivity contribution in [2.45, 2.75) is 12.8 Å². The van der Waals surface area contributed by atoms with Crippen LogP contribution in [0.3, 0.4) is 0 Å². The van der Waals surface area contributed by atoms with Crippen molar-refractivity contribution in [1.29, 1.82) is 0 Å². The first kappa shape index (κ1) is 17.4. The number of benzene rings is 1. The van der Waals surface area contributed by atoms with E-state index in [0.717, 1.165) is 5.56 Å². The van der Waals surface area contributed by atoms with Gasteiger partial charge in [0.15, 0.2) is 0 Å². The van der Waals surface area contributed by atoms with Gasteiger partial charge >= 0.3 is 0 Å². The monoisotopic (exact) mass is 354 g/mol. The van der Waals surface area contributed by atoms with Crippen molar-refractivity contribution in [2.24, 2.45) is 0 Å². The largest absolute Gasteiger partial charge is 0.497 e. The summed E-state index contributed by atoms with van der Waals surface area (Å²) in [6, 6.07) is 8.80. The number of nitrogens with one attached hydrogen (secondary N) is 1. The summed E-state index contributed by atoms with van der Waals surface area (Å²) in [5, 5.41) is 6.71. The lowest BCUT2D eigenvalue weighted by Gasteiger charge is -2.11. The lowest BCUT2D eigenvalue weighted by atomic mass is 10.2. The summed E-state index contributed by atoms with van der Waals surface area (Å²) in [5.41, 5.74) is 1.33. The van der Waals surface area contributed by atoms with Gasteiger partial charge in [0.1, 0.15) is 11.5 Å². The maximum atomic E-state index is 12.2. The Balaban J connectivity index is 1.59. The van der Waals surface area contributed by atoms with Gasteiger partial charge in [-0.25, -0.2) is 0 Å². The maximum Gasteiger partial charge on any atom is 0.227 e. The van der Waals surface area contributed by atoms with E-state index in [4.69, 9.17) is 14.0 Å². The fraction of sp³-hybridized carbons (Fsp3) is 0.222. The Morgan fingerprint density at radius 2 is 2.12 bits per heavy atom. The molecule has 26 heavy (non-hydrogen) atoms. The van der Waals surface area contributed by atoms with Crippen LogP contribution >= 0.6 is 0 Å². The molecule has 0 saturated heterocycles. The third-order valence-electron chi connectivity index (χ3n) is 3.64. The minimum Gasteiger partial charge on any atom is -0.497 e. The summed E-state index contributed by atoms with van der Waals surface area (Å²) in [5.74, 6) is 1.82. The summed E-state index contributed by atoms with van der Waals surface area (Å²) < 4.78 is 15.6. The third kappa shape index (κ3) is 4.15. The van der Waals surface area contributed by atoms with Gasteiger partial charge in [-0.05, 0) is 24.3 Å². The smallest absolute Gasteiger partial charge is 0.227 e. The fourth-order valence-electron chi connectivity index (χ4n) is 2.30. The van der Waals surface area contributed by atoms with E-state index in [2.05, 4.69) is 20.4 Å². The van der Waals surface area contributed by atoms with Crippen LogP contribution in [0, 0.1) is 0 Å². The highest BCUT2D eigenvalue weighted by Gasteiger charge is 2.13. The number of rotatable bonds is 7. The van der Waals surface area contributed by atoms with Crippen molar-refractivity contribution < 1.29 is 18.8 Å². The zero-order valence-corrected chi connectivity index (χ0v) is 14.4. The third-order valence-corrected chi connectivity index (χ3v) is 3.64. The Morgan fingerprint density at radius 1 is 1.23 bits per heavy atom. The van der Waals surface area contributed by atoms with Crippen LogP contribution in [0.25, 0.3) is 11.4 Å². The Bertz CT molecular complexity index is 880. The molecule has 8 nitrogen and oxygen atoms in total. The number of ether oxygens (including phenoxy) is 2. The molecule has 1 N–H and O–H groups in total. The highest BCUT2D eigenvalue weighted by atomic mass is 16.5. The van der Waals surface area contributed by atoms with Gasteiger partial charge in [0.05, 0.1) is 19.9 Å². The lowest BCUT2D eigenvalue weighted by Crippen LogP contribution is -2.13. The van der Waals surface area contributed by atoms with Gasteiger partial charge < -0.3 is 19.3 Å². The van der Waals surface area contributed by atoms with Gasteiger partial charge in [0.25, 0.3) is 0 Å². The van der Waals surface area contributed by atoms with Crippen molar-refractivity contribution in [3.8, 4) is 22.9 Å². The number of hydrogen-bond donors (Lipinski definition) is 1. The summed E-state index contributed by atoms with van der Waals surface area (Å²) in [4.78, 5) is 20.5. The molecular weight excluding hydrogens is 336 g/mol. The van der Waals surface area contributed by atoms with E-state index in [0.29, 0.717) is 35.3 Å². The number of hydrogen-bond acceptors (Lipinski definition) is 7. The summed E-state index contributed by atoms with van der Waals surface area (Å²) in [6.45, 7) is 0. The van der Waals surface area contributed by atoms with E-state index in [1.165, 1.54) is 7.11 Å². The summed E-state index contributed by atoms with van der Waals surface area (Å²) in [7, 11) is 3.10. The van der Waals surface area contributed by atoms with Crippen LogP contribution in [0.4, 0.5) is 5.69 Å². The van der Waals surface area contributed by atoms with Crippen LogP contribution in [0.2, 0.25) is 0 Å². The SMILES string of the molecule is COc1ccc(NC(=O)CCc2nc(-c3cccnc3)no2)c(OC)c1. The standard InChI is InChI=1S/C18H18N4O4/c1-24-13-5-6-14(15(10-13)25-2)20-16(23)7-8-17-21-18(22-26-17)12-4-3-9-19-11-12/h3-6,9-11H,7-8H2,1-2H3,(H,20,23). The zero-order valence-electron chi connectivity index (χ0n) is 14.4. The first-order valence-corrected chi connectivity index (χ1v) is 7.94. The topological polar surface area (TPSA) is 99.4 Å². The molecule has 1 aromatic carbocycles. The molecule has 0 aliphatic heterocycles. The first-order valence-electron chi connectivity index (χ1n) is 7.94. The lowest BCUT2D eigenvalue weighted by molar-refractivity contribution is -0.116. The van der Waals surface area contributed by atoms with E-state index in [1.54, 1.807) is 43.8 Å². The van der Waals surface area contributed by atoms with Crippen LogP contribution < -0.4 is 14.8 Å². The van der Waals surface area contributed by atoms with Crippen LogP contribution in [-0.4, -0.2) is 35.3 Å². The van der Waals surface area contributed by atoms with Crippen molar-refractivity contribution in [3.63, 3.8) is 0 Å². The van der Waals surface area contributed by atoms with Gasteiger partial charge in [-0.1, -0.05) is 5.16 Å².